The number of hydrogen-bond acceptors (Lipinski definition) is 6. The molecule has 2 heterocycles. The summed E-state index contributed by atoms with van der Waals surface area (Å²) in [5.41, 5.74) is -3.85. The van der Waals surface area contributed by atoms with Crippen LogP contribution in [-0.4, -0.2) is 40.1 Å². The Morgan fingerprint density at radius 1 is 1.05 bits per heavy atom. The van der Waals surface area contributed by atoms with Gasteiger partial charge < -0.3 is 14.6 Å². The Morgan fingerprint density at radius 3 is 2.32 bits per heavy atom. The number of aliphatic hydroxyl groups is 1. The van der Waals surface area contributed by atoms with Gasteiger partial charge in [0.05, 0.1) is 5.92 Å². The van der Waals surface area contributed by atoms with Gasteiger partial charge in [0.1, 0.15) is 11.7 Å². The third-order valence-electron chi connectivity index (χ3n) is 12.8. The molecule has 214 valence electrons. The molecule has 3 saturated carbocycles. The van der Waals surface area contributed by atoms with Crippen LogP contribution in [-0.2, 0) is 23.9 Å². The molecule has 0 aromatic rings. The van der Waals surface area contributed by atoms with Crippen LogP contribution in [0.15, 0.2) is 0 Å². The smallest absolute Gasteiger partial charge is 0.302 e. The molecular formula is C32H50O6. The molecule has 2 saturated heterocycles. The zero-order valence-corrected chi connectivity index (χ0v) is 25.1. The van der Waals surface area contributed by atoms with Crippen molar-refractivity contribution < 1.29 is 29.0 Å². The number of rotatable bonds is 6. The van der Waals surface area contributed by atoms with Crippen molar-refractivity contribution in [2.24, 2.45) is 51.2 Å². The molecule has 2 aliphatic heterocycles. The van der Waals surface area contributed by atoms with Crippen LogP contribution in [0.2, 0.25) is 0 Å². The van der Waals surface area contributed by atoms with Gasteiger partial charge in [-0.15, -0.1) is 0 Å². The van der Waals surface area contributed by atoms with E-state index in [0.717, 1.165) is 12.8 Å². The number of ether oxygens (including phenoxy) is 2. The molecule has 6 heteroatoms. The van der Waals surface area contributed by atoms with Gasteiger partial charge in [0.2, 0.25) is 5.79 Å². The predicted octanol–water partition coefficient (Wildman–Crippen LogP) is 5.87. The van der Waals surface area contributed by atoms with Gasteiger partial charge in [-0.1, -0.05) is 74.7 Å². The maximum absolute atomic E-state index is 14.6. The normalized spacial score (nSPS) is 49.6. The first kappa shape index (κ1) is 28.3. The van der Waals surface area contributed by atoms with Gasteiger partial charge >= 0.3 is 5.97 Å². The maximum atomic E-state index is 14.6. The first-order chi connectivity index (χ1) is 17.4. The molecule has 0 aromatic carbocycles. The van der Waals surface area contributed by atoms with Crippen molar-refractivity contribution in [2.45, 2.75) is 131 Å². The standard InChI is InChI=1S/C32H50O6/c1-18(2)11-10-12-19(3)21-13-16-30(9)29(21,8)17-31-23(25(34)32(30,36)38-31)24-27(5,6)22(37-20(4)33)14-15-28(24,7)26(31)35/h18-19,21-24,36H,10-17H2,1-9H3/t19-,21-,22+,23?,24+,28+,29-,30-,31+,32+/m1/s1. The van der Waals surface area contributed by atoms with Crippen molar-refractivity contribution in [3.63, 3.8) is 0 Å². The van der Waals surface area contributed by atoms with Gasteiger partial charge in [0.25, 0.3) is 0 Å². The molecule has 6 nitrogen and oxygen atoms in total. The van der Waals surface area contributed by atoms with Gasteiger partial charge in [0, 0.05) is 23.2 Å². The summed E-state index contributed by atoms with van der Waals surface area (Å²) < 4.78 is 12.3. The van der Waals surface area contributed by atoms with E-state index in [0.29, 0.717) is 43.4 Å². The molecule has 0 radical (unpaired) electrons. The second-order valence-electron chi connectivity index (χ2n) is 15.5. The molecule has 5 fully saturated rings. The second kappa shape index (κ2) is 8.38. The average molecular weight is 531 g/mol. The zero-order chi connectivity index (χ0) is 28.3. The summed E-state index contributed by atoms with van der Waals surface area (Å²) in [6, 6.07) is 0. The topological polar surface area (TPSA) is 89.9 Å². The van der Waals surface area contributed by atoms with Crippen LogP contribution < -0.4 is 0 Å². The van der Waals surface area contributed by atoms with Crippen LogP contribution in [0.3, 0.4) is 0 Å². The van der Waals surface area contributed by atoms with E-state index >= 15 is 0 Å². The number of carbonyl (C=O) groups excluding carboxylic acids is 3. The van der Waals surface area contributed by atoms with Crippen LogP contribution >= 0.6 is 0 Å². The van der Waals surface area contributed by atoms with Crippen LogP contribution in [0.4, 0.5) is 0 Å². The van der Waals surface area contributed by atoms with Crippen LogP contribution in [0.1, 0.15) is 114 Å². The molecule has 1 N–H and O–H groups in total. The number of ketones is 2. The number of esters is 1. The average Bonchev–Trinajstić information content (AvgIpc) is 3.26. The van der Waals surface area contributed by atoms with Gasteiger partial charge in [-0.2, -0.15) is 0 Å². The summed E-state index contributed by atoms with van der Waals surface area (Å²) >= 11 is 0. The highest BCUT2D eigenvalue weighted by Crippen LogP contribution is 2.78. The lowest BCUT2D eigenvalue weighted by Gasteiger charge is -2.58. The van der Waals surface area contributed by atoms with Crippen molar-refractivity contribution in [2.75, 3.05) is 0 Å². The van der Waals surface area contributed by atoms with E-state index in [4.69, 9.17) is 9.47 Å². The lowest BCUT2D eigenvalue weighted by atomic mass is 9.52. The molecule has 2 bridgehead atoms. The molecule has 10 atom stereocenters. The molecule has 0 aromatic heterocycles. The van der Waals surface area contributed by atoms with E-state index in [-0.39, 0.29) is 29.6 Å². The minimum atomic E-state index is -1.97. The highest BCUT2D eigenvalue weighted by molar-refractivity contribution is 6.08. The predicted molar refractivity (Wildman–Crippen MR) is 144 cm³/mol. The number of hydrogen-bond donors (Lipinski definition) is 1. The SMILES string of the molecule is CC(=O)O[C@H]1CC[C@]2(C)C(=O)[C@@]34C[C@]5(C)[C@@H]([C@H](C)CCCC(C)C)CC[C@@]5(C)[C@@](O)(O3)C(=O)C4[C@H]2C1(C)C. The second-order valence-corrected chi connectivity index (χ2v) is 15.5. The van der Waals surface area contributed by atoms with Gasteiger partial charge in [0.15, 0.2) is 11.6 Å². The summed E-state index contributed by atoms with van der Waals surface area (Å²) in [5.74, 6) is -2.32. The minimum Gasteiger partial charge on any atom is -0.462 e. The molecule has 1 spiro atoms. The van der Waals surface area contributed by atoms with Crippen molar-refractivity contribution in [1.82, 2.24) is 0 Å². The monoisotopic (exact) mass is 530 g/mol. The van der Waals surface area contributed by atoms with Crippen LogP contribution in [0, 0.1) is 51.2 Å². The Labute approximate surface area is 229 Å². The van der Waals surface area contributed by atoms with Crippen molar-refractivity contribution in [3.05, 3.63) is 0 Å². The Morgan fingerprint density at radius 2 is 1.71 bits per heavy atom. The number of Topliss-reactive ketones (excluding diaryl/α,β-unsaturated/α-hetero) is 2. The molecule has 0 amide bonds. The highest BCUT2D eigenvalue weighted by Gasteiger charge is 2.87. The van der Waals surface area contributed by atoms with Gasteiger partial charge in [-0.3, -0.25) is 14.4 Å². The maximum Gasteiger partial charge on any atom is 0.302 e. The van der Waals surface area contributed by atoms with E-state index in [9.17, 15) is 19.5 Å². The molecule has 38 heavy (non-hydrogen) atoms. The van der Waals surface area contributed by atoms with Gasteiger partial charge in [-0.05, 0) is 61.2 Å². The largest absolute Gasteiger partial charge is 0.462 e. The van der Waals surface area contributed by atoms with E-state index in [2.05, 4.69) is 27.7 Å². The molecule has 5 rings (SSSR count). The molecular weight excluding hydrogens is 480 g/mol. The van der Waals surface area contributed by atoms with Gasteiger partial charge in [-0.25, -0.2) is 0 Å². The zero-order valence-electron chi connectivity index (χ0n) is 25.1. The molecule has 3 aliphatic carbocycles. The lowest BCUT2D eigenvalue weighted by Crippen LogP contribution is -2.66. The summed E-state index contributed by atoms with van der Waals surface area (Å²) in [5, 5.41) is 12.3. The quantitative estimate of drug-likeness (QED) is 0.432. The lowest BCUT2D eigenvalue weighted by molar-refractivity contribution is -0.325. The fourth-order valence-corrected chi connectivity index (χ4v) is 10.8. The molecule has 5 aliphatic rings. The van der Waals surface area contributed by atoms with Crippen molar-refractivity contribution >= 4 is 17.5 Å². The van der Waals surface area contributed by atoms with E-state index in [1.165, 1.54) is 19.8 Å². The minimum absolute atomic E-state index is 0.0139. The van der Waals surface area contributed by atoms with E-state index in [1.807, 2.05) is 27.7 Å². The third kappa shape index (κ3) is 3.22. The fourth-order valence-electron chi connectivity index (χ4n) is 10.8. The number of carbonyl (C=O) groups is 3. The van der Waals surface area contributed by atoms with E-state index in [1.54, 1.807) is 0 Å². The summed E-state index contributed by atoms with van der Waals surface area (Å²) in [6.45, 7) is 18.6. The Bertz CT molecular complexity index is 1050. The first-order valence-corrected chi connectivity index (χ1v) is 15.1. The van der Waals surface area contributed by atoms with Crippen LogP contribution in [0.25, 0.3) is 0 Å². The summed E-state index contributed by atoms with van der Waals surface area (Å²) in [4.78, 5) is 41.1. The van der Waals surface area contributed by atoms with Crippen LogP contribution in [0.5, 0.6) is 0 Å². The Hall–Kier alpha value is -1.27. The number of fused-ring (bicyclic) bond motifs is 5. The summed E-state index contributed by atoms with van der Waals surface area (Å²) in [7, 11) is 0. The van der Waals surface area contributed by atoms with Crippen molar-refractivity contribution in [3.8, 4) is 0 Å². The Balaban J connectivity index is 1.58. The Kier molecular flexibility index (Phi) is 6.23. The van der Waals surface area contributed by atoms with Crippen molar-refractivity contribution in [1.29, 1.82) is 0 Å². The third-order valence-corrected chi connectivity index (χ3v) is 12.8. The first-order valence-electron chi connectivity index (χ1n) is 15.1. The summed E-state index contributed by atoms with van der Waals surface area (Å²) in [6.07, 6.45) is 6.35. The molecule has 1 unspecified atom stereocenters. The highest BCUT2D eigenvalue weighted by atomic mass is 16.7. The van der Waals surface area contributed by atoms with E-state index < -0.39 is 39.0 Å². The fraction of sp³-hybridized carbons (Fsp3) is 0.906.